The molecule has 0 saturated carbocycles. The molecule has 0 saturated heterocycles. The number of carbonyl (C=O) groups is 1. The van der Waals surface area contributed by atoms with Crippen LogP contribution in [0.3, 0.4) is 0 Å². The monoisotopic (exact) mass is 274 g/mol. The summed E-state index contributed by atoms with van der Waals surface area (Å²) in [7, 11) is 0. The number of halogens is 1. The highest BCUT2D eigenvalue weighted by molar-refractivity contribution is 7.09. The van der Waals surface area contributed by atoms with Crippen LogP contribution in [-0.2, 0) is 17.1 Å². The molecule has 5 heteroatoms. The van der Waals surface area contributed by atoms with Gasteiger partial charge in [-0.3, -0.25) is 4.79 Å². The van der Waals surface area contributed by atoms with Crippen molar-refractivity contribution in [1.82, 2.24) is 10.3 Å². The third kappa shape index (κ3) is 4.64. The quantitative estimate of drug-likeness (QED) is 0.858. The Balaban J connectivity index is 2.50. The molecule has 1 aromatic heterocycles. The van der Waals surface area contributed by atoms with Gasteiger partial charge in [-0.05, 0) is 12.3 Å². The molecule has 0 spiro atoms. The van der Waals surface area contributed by atoms with Crippen LogP contribution in [0.25, 0.3) is 0 Å². The van der Waals surface area contributed by atoms with E-state index in [2.05, 4.69) is 31.1 Å². The Morgan fingerprint density at radius 2 is 2.24 bits per heavy atom. The third-order valence-corrected chi connectivity index (χ3v) is 3.90. The van der Waals surface area contributed by atoms with Crippen LogP contribution in [0.1, 0.15) is 38.4 Å². The minimum atomic E-state index is 0.0166. The molecule has 0 bridgehead atoms. The molecule has 1 N–H and O–H groups in total. The molecule has 0 aromatic carbocycles. The summed E-state index contributed by atoms with van der Waals surface area (Å²) >= 11 is 7.15. The van der Waals surface area contributed by atoms with E-state index in [1.165, 1.54) is 11.3 Å². The van der Waals surface area contributed by atoms with Crippen molar-refractivity contribution in [2.45, 2.75) is 46.0 Å². The first kappa shape index (κ1) is 14.5. The largest absolute Gasteiger partial charge is 0.353 e. The summed E-state index contributed by atoms with van der Waals surface area (Å²) in [6.45, 7) is 8.33. The maximum Gasteiger partial charge on any atom is 0.227 e. The van der Waals surface area contributed by atoms with Gasteiger partial charge < -0.3 is 5.32 Å². The Morgan fingerprint density at radius 1 is 1.59 bits per heavy atom. The number of hydrogen-bond acceptors (Lipinski definition) is 3. The fraction of sp³-hybridized carbons (Fsp3) is 0.667. The zero-order valence-corrected chi connectivity index (χ0v) is 12.3. The van der Waals surface area contributed by atoms with Gasteiger partial charge in [0.15, 0.2) is 0 Å². The van der Waals surface area contributed by atoms with Crippen molar-refractivity contribution in [2.75, 3.05) is 0 Å². The second-order valence-electron chi connectivity index (χ2n) is 5.20. The molecule has 0 aliphatic carbocycles. The third-order valence-electron chi connectivity index (χ3n) is 2.72. The van der Waals surface area contributed by atoms with E-state index in [0.717, 1.165) is 10.7 Å². The predicted octanol–water partition coefficient (Wildman–Crippen LogP) is 2.98. The first-order valence-electron chi connectivity index (χ1n) is 5.61. The number of amides is 1. The van der Waals surface area contributed by atoms with E-state index in [1.807, 2.05) is 12.3 Å². The number of aromatic nitrogens is 1. The second kappa shape index (κ2) is 5.83. The highest BCUT2D eigenvalue weighted by atomic mass is 35.5. The molecule has 0 radical (unpaired) electrons. The number of thiazole rings is 1. The van der Waals surface area contributed by atoms with Crippen molar-refractivity contribution in [1.29, 1.82) is 0 Å². The topological polar surface area (TPSA) is 42.0 Å². The van der Waals surface area contributed by atoms with Crippen molar-refractivity contribution < 1.29 is 4.79 Å². The van der Waals surface area contributed by atoms with Crippen molar-refractivity contribution in [3.8, 4) is 0 Å². The van der Waals surface area contributed by atoms with Crippen molar-refractivity contribution >= 4 is 28.8 Å². The van der Waals surface area contributed by atoms with Crippen LogP contribution in [0.15, 0.2) is 5.38 Å². The maximum absolute atomic E-state index is 11.8. The van der Waals surface area contributed by atoms with E-state index in [9.17, 15) is 4.79 Å². The lowest BCUT2D eigenvalue weighted by molar-refractivity contribution is -0.121. The van der Waals surface area contributed by atoms with Crippen LogP contribution < -0.4 is 5.32 Å². The van der Waals surface area contributed by atoms with Gasteiger partial charge in [-0.15, -0.1) is 22.9 Å². The van der Waals surface area contributed by atoms with Gasteiger partial charge in [0.25, 0.3) is 0 Å². The number of hydrogen-bond donors (Lipinski definition) is 1. The van der Waals surface area contributed by atoms with Crippen LogP contribution in [0.4, 0.5) is 0 Å². The van der Waals surface area contributed by atoms with Gasteiger partial charge in [0.1, 0.15) is 5.01 Å². The van der Waals surface area contributed by atoms with Crippen LogP contribution in [-0.4, -0.2) is 16.9 Å². The van der Waals surface area contributed by atoms with E-state index in [0.29, 0.717) is 12.3 Å². The fourth-order valence-corrected chi connectivity index (χ4v) is 2.16. The molecule has 0 aliphatic heterocycles. The zero-order valence-electron chi connectivity index (χ0n) is 10.7. The van der Waals surface area contributed by atoms with Gasteiger partial charge >= 0.3 is 0 Å². The number of nitrogens with zero attached hydrogens (tertiary/aromatic N) is 1. The molecule has 3 nitrogen and oxygen atoms in total. The van der Waals surface area contributed by atoms with Gasteiger partial charge in [-0.2, -0.15) is 0 Å². The lowest BCUT2D eigenvalue weighted by atomic mass is 9.88. The SMILES string of the molecule is CC(NC(=O)Cc1nc(CCl)cs1)C(C)(C)C. The Kier molecular flexibility index (Phi) is 4.95. The van der Waals surface area contributed by atoms with Crippen LogP contribution in [0.5, 0.6) is 0 Å². The van der Waals surface area contributed by atoms with Crippen molar-refractivity contribution in [2.24, 2.45) is 5.41 Å². The summed E-state index contributed by atoms with van der Waals surface area (Å²) in [5.41, 5.74) is 0.906. The Hall–Kier alpha value is -0.610. The predicted molar refractivity (Wildman–Crippen MR) is 72.4 cm³/mol. The lowest BCUT2D eigenvalue weighted by Gasteiger charge is -2.27. The second-order valence-corrected chi connectivity index (χ2v) is 6.41. The van der Waals surface area contributed by atoms with Crippen LogP contribution in [0, 0.1) is 5.41 Å². The summed E-state index contributed by atoms with van der Waals surface area (Å²) in [6.07, 6.45) is 0.335. The number of nitrogens with one attached hydrogen (secondary N) is 1. The Morgan fingerprint density at radius 3 is 2.71 bits per heavy atom. The minimum absolute atomic E-state index is 0.0166. The molecule has 1 aromatic rings. The van der Waals surface area contributed by atoms with Gasteiger partial charge in [0.05, 0.1) is 18.0 Å². The summed E-state index contributed by atoms with van der Waals surface area (Å²) in [6, 6.07) is 0.141. The number of carbonyl (C=O) groups excluding carboxylic acids is 1. The molecule has 1 unspecified atom stereocenters. The first-order chi connectivity index (χ1) is 7.82. The molecule has 96 valence electrons. The normalized spacial score (nSPS) is 13.5. The van der Waals surface area contributed by atoms with Gasteiger partial charge in [0.2, 0.25) is 5.91 Å². The average molecular weight is 275 g/mol. The molecule has 0 fully saturated rings. The molecule has 1 heterocycles. The summed E-state index contributed by atoms with van der Waals surface area (Å²) in [5, 5.41) is 5.70. The molecule has 1 atom stereocenters. The average Bonchev–Trinajstić information content (AvgIpc) is 2.63. The Labute approximate surface area is 112 Å². The highest BCUT2D eigenvalue weighted by Gasteiger charge is 2.21. The van der Waals surface area contributed by atoms with Gasteiger partial charge in [-0.25, -0.2) is 4.98 Å². The fourth-order valence-electron chi connectivity index (χ4n) is 1.14. The smallest absolute Gasteiger partial charge is 0.227 e. The minimum Gasteiger partial charge on any atom is -0.353 e. The zero-order chi connectivity index (χ0) is 13.1. The lowest BCUT2D eigenvalue weighted by Crippen LogP contribution is -2.42. The van der Waals surface area contributed by atoms with Crippen LogP contribution in [0.2, 0.25) is 0 Å². The van der Waals surface area contributed by atoms with E-state index in [-0.39, 0.29) is 17.4 Å². The molecule has 1 amide bonds. The summed E-state index contributed by atoms with van der Waals surface area (Å²) in [5.74, 6) is 0.416. The maximum atomic E-state index is 11.8. The van der Waals surface area contributed by atoms with E-state index in [1.54, 1.807) is 0 Å². The Bertz CT molecular complexity index is 384. The summed E-state index contributed by atoms with van der Waals surface area (Å²) < 4.78 is 0. The van der Waals surface area contributed by atoms with E-state index in [4.69, 9.17) is 11.6 Å². The van der Waals surface area contributed by atoms with E-state index >= 15 is 0 Å². The van der Waals surface area contributed by atoms with Crippen molar-refractivity contribution in [3.05, 3.63) is 16.1 Å². The first-order valence-corrected chi connectivity index (χ1v) is 7.03. The molecular weight excluding hydrogens is 256 g/mol. The van der Waals surface area contributed by atoms with Gasteiger partial charge in [-0.1, -0.05) is 20.8 Å². The number of rotatable bonds is 4. The summed E-state index contributed by atoms with van der Waals surface area (Å²) in [4.78, 5) is 16.1. The van der Waals surface area contributed by atoms with Crippen molar-refractivity contribution in [3.63, 3.8) is 0 Å². The van der Waals surface area contributed by atoms with Gasteiger partial charge in [0, 0.05) is 11.4 Å². The highest BCUT2D eigenvalue weighted by Crippen LogP contribution is 2.19. The molecular formula is C12H19ClN2OS. The van der Waals surface area contributed by atoms with E-state index < -0.39 is 0 Å². The standard InChI is InChI=1S/C12H19ClN2OS/c1-8(12(2,3)4)14-10(16)5-11-15-9(6-13)7-17-11/h7-8H,5-6H2,1-4H3,(H,14,16). The number of alkyl halides is 1. The van der Waals surface area contributed by atoms with Crippen LogP contribution >= 0.6 is 22.9 Å². The molecule has 17 heavy (non-hydrogen) atoms. The molecule has 0 aliphatic rings. The molecule has 1 rings (SSSR count).